The van der Waals surface area contributed by atoms with Crippen molar-refractivity contribution in [3.8, 4) is 0 Å². The number of aromatic nitrogens is 1. The summed E-state index contributed by atoms with van der Waals surface area (Å²) in [5.74, 6) is 0.0324. The fourth-order valence-electron chi connectivity index (χ4n) is 1.81. The van der Waals surface area contributed by atoms with Gasteiger partial charge in [-0.05, 0) is 48.7 Å². The lowest BCUT2D eigenvalue weighted by molar-refractivity contribution is -0.122. The molecule has 1 saturated carbocycles. The Kier molecular flexibility index (Phi) is 5.17. The van der Waals surface area contributed by atoms with Crippen molar-refractivity contribution < 1.29 is 9.59 Å². The average Bonchev–Trinajstić information content (AvgIpc) is 3.24. The lowest BCUT2D eigenvalue weighted by Gasteiger charge is -2.15. The largest absolute Gasteiger partial charge is 0.370 e. The van der Waals surface area contributed by atoms with Crippen LogP contribution in [0.5, 0.6) is 0 Å². The minimum absolute atomic E-state index is 0.154. The van der Waals surface area contributed by atoms with E-state index in [1.165, 1.54) is 0 Å². The molecule has 1 aromatic rings. The molecule has 0 spiro atoms. The van der Waals surface area contributed by atoms with Crippen molar-refractivity contribution in [1.29, 1.82) is 0 Å². The molecule has 1 aliphatic carbocycles. The lowest BCUT2D eigenvalue weighted by Crippen LogP contribution is -2.45. The number of amides is 2. The Hall–Kier alpha value is -1.63. The number of halogens is 1. The molecule has 2 amide bonds. The van der Waals surface area contributed by atoms with Crippen LogP contribution in [-0.4, -0.2) is 35.4 Å². The third-order valence-electron chi connectivity index (χ3n) is 3.11. The summed E-state index contributed by atoms with van der Waals surface area (Å²) in [6.45, 7) is 4.26. The summed E-state index contributed by atoms with van der Waals surface area (Å²) in [5, 5.41) is 8.61. The molecule has 0 radical (unpaired) electrons. The molecule has 3 N–H and O–H groups in total. The minimum atomic E-state index is -0.577. The Bertz CT molecular complexity index is 546. The predicted octanol–water partition coefficient (Wildman–Crippen LogP) is 1.67. The molecule has 2 rings (SSSR count). The Morgan fingerprint density at radius 1 is 1.48 bits per heavy atom. The third kappa shape index (κ3) is 4.42. The van der Waals surface area contributed by atoms with Crippen LogP contribution in [0.2, 0.25) is 0 Å². The van der Waals surface area contributed by atoms with E-state index in [9.17, 15) is 9.59 Å². The van der Waals surface area contributed by atoms with Crippen LogP contribution in [0.3, 0.4) is 0 Å². The van der Waals surface area contributed by atoms with E-state index in [2.05, 4.69) is 36.9 Å². The summed E-state index contributed by atoms with van der Waals surface area (Å²) in [5.41, 5.74) is 0.414. The topological polar surface area (TPSA) is 83.1 Å². The van der Waals surface area contributed by atoms with Gasteiger partial charge in [-0.15, -0.1) is 0 Å². The first-order chi connectivity index (χ1) is 10.0. The summed E-state index contributed by atoms with van der Waals surface area (Å²) < 4.78 is 0.712. The zero-order chi connectivity index (χ0) is 15.4. The van der Waals surface area contributed by atoms with Crippen molar-refractivity contribution in [2.24, 2.45) is 0 Å². The minimum Gasteiger partial charge on any atom is -0.370 e. The zero-order valence-corrected chi connectivity index (χ0v) is 13.7. The summed E-state index contributed by atoms with van der Waals surface area (Å²) >= 11 is 3.30. The first kappa shape index (κ1) is 15.8. The highest BCUT2D eigenvalue weighted by atomic mass is 79.9. The SMILES string of the molecule is CCNc1ncc(Br)cc1C(=O)NC(C)C(=O)NC1CC1. The Labute approximate surface area is 132 Å². The van der Waals surface area contributed by atoms with E-state index in [1.807, 2.05) is 6.92 Å². The van der Waals surface area contributed by atoms with Crippen LogP contribution >= 0.6 is 15.9 Å². The number of anilines is 1. The number of hydrogen-bond donors (Lipinski definition) is 3. The molecule has 7 heteroatoms. The molecule has 1 heterocycles. The van der Waals surface area contributed by atoms with Crippen molar-refractivity contribution in [3.63, 3.8) is 0 Å². The maximum atomic E-state index is 12.3. The molecule has 114 valence electrons. The van der Waals surface area contributed by atoms with Gasteiger partial charge >= 0.3 is 0 Å². The third-order valence-corrected chi connectivity index (χ3v) is 3.54. The summed E-state index contributed by atoms with van der Waals surface area (Å²) in [6, 6.07) is 1.39. The molecule has 6 nitrogen and oxygen atoms in total. The molecule has 0 bridgehead atoms. The molecule has 1 aliphatic rings. The van der Waals surface area contributed by atoms with Crippen LogP contribution in [0, 0.1) is 0 Å². The van der Waals surface area contributed by atoms with E-state index in [0.717, 1.165) is 12.8 Å². The first-order valence-electron chi connectivity index (χ1n) is 7.02. The van der Waals surface area contributed by atoms with Gasteiger partial charge in [0.25, 0.3) is 5.91 Å². The van der Waals surface area contributed by atoms with Gasteiger partial charge in [0.05, 0.1) is 5.56 Å². The van der Waals surface area contributed by atoms with Crippen molar-refractivity contribution >= 4 is 33.6 Å². The van der Waals surface area contributed by atoms with E-state index in [1.54, 1.807) is 19.2 Å². The van der Waals surface area contributed by atoms with Gasteiger partial charge in [-0.1, -0.05) is 0 Å². The number of hydrogen-bond acceptors (Lipinski definition) is 4. The normalized spacial score (nSPS) is 15.2. The number of pyridine rings is 1. The average molecular weight is 355 g/mol. The van der Waals surface area contributed by atoms with Gasteiger partial charge in [0.1, 0.15) is 11.9 Å². The second-order valence-electron chi connectivity index (χ2n) is 5.06. The van der Waals surface area contributed by atoms with Crippen molar-refractivity contribution in [2.75, 3.05) is 11.9 Å². The summed E-state index contributed by atoms with van der Waals surface area (Å²) in [6.07, 6.45) is 3.66. The highest BCUT2D eigenvalue weighted by Gasteiger charge is 2.26. The summed E-state index contributed by atoms with van der Waals surface area (Å²) in [4.78, 5) is 28.4. The molecule has 0 aliphatic heterocycles. The van der Waals surface area contributed by atoms with Crippen LogP contribution in [0.25, 0.3) is 0 Å². The molecule has 0 saturated heterocycles. The molecular weight excluding hydrogens is 336 g/mol. The zero-order valence-electron chi connectivity index (χ0n) is 12.1. The van der Waals surface area contributed by atoms with E-state index < -0.39 is 6.04 Å². The van der Waals surface area contributed by atoms with E-state index in [4.69, 9.17) is 0 Å². The maximum absolute atomic E-state index is 12.3. The number of rotatable bonds is 6. The monoisotopic (exact) mass is 354 g/mol. The van der Waals surface area contributed by atoms with Crippen LogP contribution in [0.1, 0.15) is 37.0 Å². The number of carbonyl (C=O) groups is 2. The fourth-order valence-corrected chi connectivity index (χ4v) is 2.15. The quantitative estimate of drug-likeness (QED) is 0.725. The molecule has 1 aromatic heterocycles. The van der Waals surface area contributed by atoms with Gasteiger partial charge < -0.3 is 16.0 Å². The lowest BCUT2D eigenvalue weighted by atomic mass is 10.2. The van der Waals surface area contributed by atoms with E-state index in [-0.39, 0.29) is 17.9 Å². The fraction of sp³-hybridized carbons (Fsp3) is 0.500. The van der Waals surface area contributed by atoms with Gasteiger partial charge in [0, 0.05) is 23.3 Å². The van der Waals surface area contributed by atoms with Gasteiger partial charge in [-0.25, -0.2) is 4.98 Å². The smallest absolute Gasteiger partial charge is 0.255 e. The molecular formula is C14H19BrN4O2. The Morgan fingerprint density at radius 3 is 2.81 bits per heavy atom. The standard InChI is InChI=1S/C14H19BrN4O2/c1-3-16-12-11(6-9(15)7-17-12)14(21)18-8(2)13(20)19-10-4-5-10/h6-8,10H,3-5H2,1-2H3,(H,16,17)(H,18,21)(H,19,20). The Balaban J connectivity index is 2.04. The summed E-state index contributed by atoms with van der Waals surface area (Å²) in [7, 11) is 0. The molecule has 21 heavy (non-hydrogen) atoms. The van der Waals surface area contributed by atoms with Gasteiger partial charge in [0.15, 0.2) is 0 Å². The predicted molar refractivity (Wildman–Crippen MR) is 84.2 cm³/mol. The second-order valence-corrected chi connectivity index (χ2v) is 5.97. The van der Waals surface area contributed by atoms with Crippen LogP contribution in [-0.2, 0) is 4.79 Å². The Morgan fingerprint density at radius 2 is 2.19 bits per heavy atom. The van der Waals surface area contributed by atoms with Crippen molar-refractivity contribution in [2.45, 2.75) is 38.8 Å². The van der Waals surface area contributed by atoms with Crippen molar-refractivity contribution in [1.82, 2.24) is 15.6 Å². The molecule has 1 unspecified atom stereocenters. The van der Waals surface area contributed by atoms with Crippen molar-refractivity contribution in [3.05, 3.63) is 22.3 Å². The highest BCUT2D eigenvalue weighted by molar-refractivity contribution is 9.10. The number of carbonyl (C=O) groups excluding carboxylic acids is 2. The van der Waals surface area contributed by atoms with Crippen LogP contribution < -0.4 is 16.0 Å². The van der Waals surface area contributed by atoms with Gasteiger partial charge in [-0.2, -0.15) is 0 Å². The van der Waals surface area contributed by atoms with Gasteiger partial charge in [0.2, 0.25) is 5.91 Å². The second kappa shape index (κ2) is 6.89. The molecule has 0 aromatic carbocycles. The maximum Gasteiger partial charge on any atom is 0.255 e. The molecule has 1 atom stereocenters. The number of nitrogens with zero attached hydrogens (tertiary/aromatic N) is 1. The number of nitrogens with one attached hydrogen (secondary N) is 3. The van der Waals surface area contributed by atoms with E-state index in [0.29, 0.717) is 22.4 Å². The van der Waals surface area contributed by atoms with Gasteiger partial charge in [-0.3, -0.25) is 9.59 Å². The van der Waals surface area contributed by atoms with E-state index >= 15 is 0 Å². The van der Waals surface area contributed by atoms with Crippen LogP contribution in [0.15, 0.2) is 16.7 Å². The molecule has 1 fully saturated rings. The van der Waals surface area contributed by atoms with Crippen LogP contribution in [0.4, 0.5) is 5.82 Å². The highest BCUT2D eigenvalue weighted by Crippen LogP contribution is 2.19. The first-order valence-corrected chi connectivity index (χ1v) is 7.81.